The first-order valence-corrected chi connectivity index (χ1v) is 8.29. The third-order valence-electron chi connectivity index (χ3n) is 3.68. The van der Waals surface area contributed by atoms with Gasteiger partial charge in [0.15, 0.2) is 0 Å². The van der Waals surface area contributed by atoms with E-state index >= 15 is 0 Å². The van der Waals surface area contributed by atoms with Gasteiger partial charge in [-0.1, -0.05) is 19.8 Å². The maximum absolute atomic E-state index is 5.91. The second-order valence-corrected chi connectivity index (χ2v) is 6.54. The molecule has 19 heavy (non-hydrogen) atoms. The van der Waals surface area contributed by atoms with Gasteiger partial charge in [0.05, 0.1) is 11.5 Å². The van der Waals surface area contributed by atoms with Crippen molar-refractivity contribution >= 4 is 11.3 Å². The van der Waals surface area contributed by atoms with Gasteiger partial charge in [-0.05, 0) is 37.4 Å². The molecule has 1 saturated heterocycles. The molecule has 2 N–H and O–H groups in total. The lowest BCUT2D eigenvalue weighted by Crippen LogP contribution is -2.31. The van der Waals surface area contributed by atoms with Crippen LogP contribution in [0.5, 0.6) is 5.75 Å². The molecule has 0 spiro atoms. The van der Waals surface area contributed by atoms with Crippen molar-refractivity contribution < 1.29 is 4.74 Å². The molecule has 0 radical (unpaired) electrons. The van der Waals surface area contributed by atoms with Gasteiger partial charge in [-0.25, -0.2) is 0 Å². The maximum Gasteiger partial charge on any atom is 0.134 e. The van der Waals surface area contributed by atoms with Crippen LogP contribution in [0.2, 0.25) is 0 Å². The van der Waals surface area contributed by atoms with Crippen LogP contribution in [-0.4, -0.2) is 31.1 Å². The molecule has 1 fully saturated rings. The van der Waals surface area contributed by atoms with Crippen molar-refractivity contribution in [3.8, 4) is 5.75 Å². The maximum atomic E-state index is 5.91. The number of nitrogens with zero attached hydrogens (tertiary/aromatic N) is 1. The molecule has 1 aromatic heterocycles. The molecule has 1 aromatic rings. The van der Waals surface area contributed by atoms with Crippen molar-refractivity contribution in [1.29, 1.82) is 0 Å². The highest BCUT2D eigenvalue weighted by Gasteiger charge is 2.13. The van der Waals surface area contributed by atoms with Crippen molar-refractivity contribution in [3.63, 3.8) is 0 Å². The van der Waals surface area contributed by atoms with Crippen LogP contribution in [0.4, 0.5) is 0 Å². The van der Waals surface area contributed by atoms with Gasteiger partial charge < -0.3 is 15.4 Å². The summed E-state index contributed by atoms with van der Waals surface area (Å²) in [6.45, 7) is 7.32. The lowest BCUT2D eigenvalue weighted by molar-refractivity contribution is 0.188. The van der Waals surface area contributed by atoms with E-state index in [0.29, 0.717) is 12.5 Å². The Bertz CT molecular complexity index is 359. The second kappa shape index (κ2) is 7.88. The number of likely N-dealkylation sites (tertiary alicyclic amines) is 1. The van der Waals surface area contributed by atoms with Gasteiger partial charge >= 0.3 is 0 Å². The standard InChI is InChI=1S/C15H26N2OS/c1-13(11-17-7-4-2-3-5-8-17)12-18-14-6-9-19-15(14)10-16/h6,9,13H,2-5,7-8,10-12,16H2,1H3. The SMILES string of the molecule is CC(COc1ccsc1CN)CN1CCCCCC1. The highest BCUT2D eigenvalue weighted by atomic mass is 32.1. The fraction of sp³-hybridized carbons (Fsp3) is 0.733. The number of thiophene rings is 1. The third-order valence-corrected chi connectivity index (χ3v) is 4.61. The smallest absolute Gasteiger partial charge is 0.134 e. The summed E-state index contributed by atoms with van der Waals surface area (Å²) in [4.78, 5) is 3.75. The second-order valence-electron chi connectivity index (χ2n) is 5.54. The Morgan fingerprint density at radius 3 is 2.74 bits per heavy atom. The average molecular weight is 282 g/mol. The Kier molecular flexibility index (Phi) is 6.14. The van der Waals surface area contributed by atoms with Crippen LogP contribution in [0.3, 0.4) is 0 Å². The van der Waals surface area contributed by atoms with Crippen molar-refractivity contribution in [2.75, 3.05) is 26.2 Å². The van der Waals surface area contributed by atoms with Gasteiger partial charge in [0, 0.05) is 19.0 Å². The summed E-state index contributed by atoms with van der Waals surface area (Å²) in [6, 6.07) is 2.03. The molecular formula is C15H26N2OS. The van der Waals surface area contributed by atoms with Crippen molar-refractivity contribution in [2.45, 2.75) is 39.2 Å². The molecule has 0 bridgehead atoms. The molecule has 4 heteroatoms. The quantitative estimate of drug-likeness (QED) is 0.871. The Morgan fingerprint density at radius 2 is 2.05 bits per heavy atom. The third kappa shape index (κ3) is 4.79. The summed E-state index contributed by atoms with van der Waals surface area (Å²) in [7, 11) is 0. The van der Waals surface area contributed by atoms with Crippen LogP contribution in [0, 0.1) is 5.92 Å². The van der Waals surface area contributed by atoms with E-state index in [2.05, 4.69) is 17.2 Å². The minimum absolute atomic E-state index is 0.573. The Morgan fingerprint density at radius 1 is 1.32 bits per heavy atom. The highest BCUT2D eigenvalue weighted by Crippen LogP contribution is 2.24. The van der Waals surface area contributed by atoms with Crippen molar-refractivity contribution in [2.24, 2.45) is 11.7 Å². The lowest BCUT2D eigenvalue weighted by Gasteiger charge is -2.24. The van der Waals surface area contributed by atoms with E-state index in [4.69, 9.17) is 10.5 Å². The molecule has 0 aromatic carbocycles. The number of ether oxygens (including phenoxy) is 1. The molecule has 0 amide bonds. The van der Waals surface area contributed by atoms with Gasteiger partial charge in [0.2, 0.25) is 0 Å². The van der Waals surface area contributed by atoms with Crippen LogP contribution in [0.15, 0.2) is 11.4 Å². The van der Waals surface area contributed by atoms with E-state index < -0.39 is 0 Å². The first-order chi connectivity index (χ1) is 9.29. The molecule has 2 heterocycles. The molecule has 1 aliphatic heterocycles. The van der Waals surface area contributed by atoms with E-state index in [0.717, 1.165) is 23.8 Å². The largest absolute Gasteiger partial charge is 0.492 e. The van der Waals surface area contributed by atoms with E-state index in [-0.39, 0.29) is 0 Å². The van der Waals surface area contributed by atoms with Crippen LogP contribution < -0.4 is 10.5 Å². The number of rotatable bonds is 6. The molecule has 1 atom stereocenters. The van der Waals surface area contributed by atoms with Crippen LogP contribution in [0.25, 0.3) is 0 Å². The molecule has 1 unspecified atom stereocenters. The minimum Gasteiger partial charge on any atom is -0.492 e. The predicted octanol–water partition coefficient (Wildman–Crippen LogP) is 3.10. The normalized spacial score (nSPS) is 19.1. The van der Waals surface area contributed by atoms with Gasteiger partial charge in [-0.2, -0.15) is 0 Å². The molecule has 108 valence electrons. The Labute approximate surface area is 120 Å². The first-order valence-electron chi connectivity index (χ1n) is 7.41. The molecule has 0 saturated carbocycles. The fourth-order valence-electron chi connectivity index (χ4n) is 2.65. The number of hydrogen-bond acceptors (Lipinski definition) is 4. The van der Waals surface area contributed by atoms with Gasteiger partial charge in [-0.3, -0.25) is 0 Å². The van der Waals surface area contributed by atoms with Crippen molar-refractivity contribution in [3.05, 3.63) is 16.3 Å². The zero-order chi connectivity index (χ0) is 13.5. The summed E-state index contributed by atoms with van der Waals surface area (Å²) in [5, 5.41) is 2.05. The van der Waals surface area contributed by atoms with Crippen LogP contribution >= 0.6 is 11.3 Å². The minimum atomic E-state index is 0.573. The monoisotopic (exact) mass is 282 g/mol. The van der Waals surface area contributed by atoms with E-state index in [1.807, 2.05) is 6.07 Å². The predicted molar refractivity (Wildman–Crippen MR) is 81.8 cm³/mol. The molecule has 3 nitrogen and oxygen atoms in total. The summed E-state index contributed by atoms with van der Waals surface area (Å²) in [6.07, 6.45) is 5.51. The molecule has 1 aliphatic rings. The Balaban J connectivity index is 1.73. The number of hydrogen-bond donors (Lipinski definition) is 1. The van der Waals surface area contributed by atoms with Gasteiger partial charge in [-0.15, -0.1) is 11.3 Å². The summed E-state index contributed by atoms with van der Waals surface area (Å²) in [5.41, 5.74) is 5.69. The number of nitrogens with two attached hydrogens (primary N) is 1. The fourth-order valence-corrected chi connectivity index (χ4v) is 3.35. The summed E-state index contributed by atoms with van der Waals surface area (Å²) >= 11 is 1.68. The molecule has 0 aliphatic carbocycles. The lowest BCUT2D eigenvalue weighted by atomic mass is 10.2. The Hall–Kier alpha value is -0.580. The van der Waals surface area contributed by atoms with E-state index in [9.17, 15) is 0 Å². The summed E-state index contributed by atoms with van der Waals surface area (Å²) < 4.78 is 5.91. The van der Waals surface area contributed by atoms with Gasteiger partial charge in [0.25, 0.3) is 0 Å². The average Bonchev–Trinajstić information content (AvgIpc) is 2.72. The zero-order valence-corrected chi connectivity index (χ0v) is 12.8. The zero-order valence-electron chi connectivity index (χ0n) is 11.9. The van der Waals surface area contributed by atoms with Gasteiger partial charge in [0.1, 0.15) is 5.75 Å². The first kappa shape index (κ1) is 14.8. The van der Waals surface area contributed by atoms with E-state index in [1.54, 1.807) is 11.3 Å². The molecular weight excluding hydrogens is 256 g/mol. The summed E-state index contributed by atoms with van der Waals surface area (Å²) in [5.74, 6) is 1.55. The van der Waals surface area contributed by atoms with E-state index in [1.165, 1.54) is 38.8 Å². The van der Waals surface area contributed by atoms with Crippen LogP contribution in [-0.2, 0) is 6.54 Å². The molecule has 2 rings (SSSR count). The topological polar surface area (TPSA) is 38.5 Å². The van der Waals surface area contributed by atoms with Crippen molar-refractivity contribution in [1.82, 2.24) is 4.90 Å². The highest BCUT2D eigenvalue weighted by molar-refractivity contribution is 7.10. The van der Waals surface area contributed by atoms with Crippen LogP contribution in [0.1, 0.15) is 37.5 Å².